The molecule has 0 aliphatic carbocycles. The number of ether oxygens (including phenoxy) is 1. The van der Waals surface area contributed by atoms with Crippen molar-refractivity contribution in [3.05, 3.63) is 51.5 Å². The zero-order valence-corrected chi connectivity index (χ0v) is 12.3. The van der Waals surface area contributed by atoms with Gasteiger partial charge in [-0.25, -0.2) is 0 Å². The van der Waals surface area contributed by atoms with Gasteiger partial charge in [-0.3, -0.25) is 9.78 Å². The van der Waals surface area contributed by atoms with Crippen molar-refractivity contribution in [2.75, 3.05) is 13.7 Å². The van der Waals surface area contributed by atoms with E-state index in [1.807, 2.05) is 30.3 Å². The van der Waals surface area contributed by atoms with Gasteiger partial charge in [0, 0.05) is 25.1 Å². The van der Waals surface area contributed by atoms with Crippen LogP contribution in [0.3, 0.4) is 0 Å². The summed E-state index contributed by atoms with van der Waals surface area (Å²) in [6.45, 7) is 1.03. The summed E-state index contributed by atoms with van der Waals surface area (Å²) in [5.41, 5.74) is 1.18. The molecular weight excluding hydrogens is 288 g/mol. The van der Waals surface area contributed by atoms with E-state index in [2.05, 4.69) is 4.98 Å². The second kappa shape index (κ2) is 5.67. The average molecular weight is 302 g/mol. The molecule has 3 aromatic rings. The number of hydrogen-bond donors (Lipinski definition) is 1. The SMILES string of the molecule is COCCn1c(-c2cc3ccccc3o2)cc(=O)[nH]c1=S. The third kappa shape index (κ3) is 2.68. The number of hydrogen-bond acceptors (Lipinski definition) is 4. The number of aromatic amines is 1. The van der Waals surface area contributed by atoms with Gasteiger partial charge in [0.25, 0.3) is 5.56 Å². The van der Waals surface area contributed by atoms with Gasteiger partial charge in [0.2, 0.25) is 0 Å². The highest BCUT2D eigenvalue weighted by Crippen LogP contribution is 2.26. The number of benzene rings is 1. The Balaban J connectivity index is 2.20. The third-order valence-electron chi connectivity index (χ3n) is 3.23. The van der Waals surface area contributed by atoms with E-state index in [-0.39, 0.29) is 5.56 Å². The molecule has 1 N–H and O–H groups in total. The largest absolute Gasteiger partial charge is 0.455 e. The van der Waals surface area contributed by atoms with Crippen LogP contribution in [0.1, 0.15) is 0 Å². The molecule has 2 aromatic heterocycles. The molecule has 0 radical (unpaired) electrons. The second-order valence-corrected chi connectivity index (χ2v) is 5.00. The van der Waals surface area contributed by atoms with Crippen molar-refractivity contribution in [3.8, 4) is 11.5 Å². The maximum Gasteiger partial charge on any atom is 0.252 e. The summed E-state index contributed by atoms with van der Waals surface area (Å²) >= 11 is 5.23. The van der Waals surface area contributed by atoms with Gasteiger partial charge < -0.3 is 13.7 Å². The summed E-state index contributed by atoms with van der Waals surface area (Å²) in [6, 6.07) is 11.1. The van der Waals surface area contributed by atoms with Crippen molar-refractivity contribution in [1.29, 1.82) is 0 Å². The minimum atomic E-state index is -0.246. The lowest BCUT2D eigenvalue weighted by Gasteiger charge is -2.10. The average Bonchev–Trinajstić information content (AvgIpc) is 2.89. The van der Waals surface area contributed by atoms with Gasteiger partial charge in [0.1, 0.15) is 5.58 Å². The molecule has 0 saturated heterocycles. The Hall–Kier alpha value is -2.18. The Morgan fingerprint density at radius 3 is 2.90 bits per heavy atom. The lowest BCUT2D eigenvalue weighted by molar-refractivity contribution is 0.186. The second-order valence-electron chi connectivity index (χ2n) is 4.62. The number of methoxy groups -OCH3 is 1. The Kier molecular flexibility index (Phi) is 3.72. The molecule has 108 valence electrons. The molecule has 0 amide bonds. The number of furan rings is 1. The molecule has 3 rings (SSSR count). The van der Waals surface area contributed by atoms with E-state index < -0.39 is 0 Å². The Bertz CT molecular complexity index is 859. The number of nitrogens with one attached hydrogen (secondary N) is 1. The van der Waals surface area contributed by atoms with E-state index in [1.165, 1.54) is 6.07 Å². The summed E-state index contributed by atoms with van der Waals surface area (Å²) in [4.78, 5) is 14.3. The lowest BCUT2D eigenvalue weighted by atomic mass is 10.2. The van der Waals surface area contributed by atoms with Crippen molar-refractivity contribution in [3.63, 3.8) is 0 Å². The monoisotopic (exact) mass is 302 g/mol. The molecule has 0 spiro atoms. The fourth-order valence-corrected chi connectivity index (χ4v) is 2.53. The number of H-pyrrole nitrogens is 1. The maximum absolute atomic E-state index is 11.7. The third-order valence-corrected chi connectivity index (χ3v) is 3.55. The van der Waals surface area contributed by atoms with Gasteiger partial charge in [-0.2, -0.15) is 0 Å². The smallest absolute Gasteiger partial charge is 0.252 e. The van der Waals surface area contributed by atoms with Crippen LogP contribution >= 0.6 is 12.2 Å². The van der Waals surface area contributed by atoms with Crippen LogP contribution in [0.2, 0.25) is 0 Å². The van der Waals surface area contributed by atoms with Crippen LogP contribution in [0.4, 0.5) is 0 Å². The van der Waals surface area contributed by atoms with Crippen LogP contribution < -0.4 is 5.56 Å². The molecule has 0 atom stereocenters. The zero-order valence-electron chi connectivity index (χ0n) is 11.5. The molecule has 0 aliphatic rings. The van der Waals surface area contributed by atoms with Gasteiger partial charge >= 0.3 is 0 Å². The molecule has 1 aromatic carbocycles. The van der Waals surface area contributed by atoms with Gasteiger partial charge in [0.05, 0.1) is 12.3 Å². The lowest BCUT2D eigenvalue weighted by Crippen LogP contribution is -2.16. The summed E-state index contributed by atoms with van der Waals surface area (Å²) in [5, 5.41) is 0.983. The highest BCUT2D eigenvalue weighted by Gasteiger charge is 2.11. The topological polar surface area (TPSA) is 60.2 Å². The molecular formula is C15H14N2O3S. The van der Waals surface area contributed by atoms with Crippen molar-refractivity contribution >= 4 is 23.2 Å². The van der Waals surface area contributed by atoms with Crippen molar-refractivity contribution in [2.45, 2.75) is 6.54 Å². The van der Waals surface area contributed by atoms with E-state index in [9.17, 15) is 4.79 Å². The summed E-state index contributed by atoms with van der Waals surface area (Å²) in [6.07, 6.45) is 0. The van der Waals surface area contributed by atoms with Crippen molar-refractivity contribution < 1.29 is 9.15 Å². The summed E-state index contributed by atoms with van der Waals surface area (Å²) in [7, 11) is 1.62. The first-order chi connectivity index (χ1) is 10.2. The molecule has 5 nitrogen and oxygen atoms in total. The van der Waals surface area contributed by atoms with Crippen molar-refractivity contribution in [1.82, 2.24) is 9.55 Å². The fourth-order valence-electron chi connectivity index (χ4n) is 2.24. The van der Waals surface area contributed by atoms with Crippen molar-refractivity contribution in [2.24, 2.45) is 0 Å². The van der Waals surface area contributed by atoms with Crippen LogP contribution in [0.25, 0.3) is 22.4 Å². The molecule has 6 heteroatoms. The van der Waals surface area contributed by atoms with E-state index >= 15 is 0 Å². The number of nitrogens with zero attached hydrogens (tertiary/aromatic N) is 1. The van der Waals surface area contributed by atoms with Gasteiger partial charge in [-0.05, 0) is 24.4 Å². The molecule has 0 aliphatic heterocycles. The van der Waals surface area contributed by atoms with Gasteiger partial charge in [-0.1, -0.05) is 18.2 Å². The minimum absolute atomic E-state index is 0.246. The number of aromatic nitrogens is 2. The highest BCUT2D eigenvalue weighted by molar-refractivity contribution is 7.71. The van der Waals surface area contributed by atoms with Crippen LogP contribution in [0, 0.1) is 4.77 Å². The van der Waals surface area contributed by atoms with Crippen LogP contribution in [0.15, 0.2) is 45.6 Å². The van der Waals surface area contributed by atoms with Gasteiger partial charge in [0.15, 0.2) is 10.5 Å². The van der Waals surface area contributed by atoms with Gasteiger partial charge in [-0.15, -0.1) is 0 Å². The first-order valence-corrected chi connectivity index (χ1v) is 6.92. The maximum atomic E-state index is 11.7. The summed E-state index contributed by atoms with van der Waals surface area (Å²) in [5.74, 6) is 0.615. The normalized spacial score (nSPS) is 11.1. The van der Waals surface area contributed by atoms with E-state index in [4.69, 9.17) is 21.4 Å². The zero-order chi connectivity index (χ0) is 14.8. The standard InChI is InChI=1S/C15H14N2O3S/c1-19-7-6-17-11(9-14(18)16-15(17)21)13-8-10-4-2-3-5-12(10)20-13/h2-5,8-9H,6-7H2,1H3,(H,16,18,21). The Labute approximate surface area is 125 Å². The predicted octanol–water partition coefficient (Wildman–Crippen LogP) is 2.97. The first kappa shape index (κ1) is 13.8. The molecule has 21 heavy (non-hydrogen) atoms. The number of rotatable bonds is 4. The molecule has 0 fully saturated rings. The fraction of sp³-hybridized carbons (Fsp3) is 0.200. The molecule has 0 bridgehead atoms. The van der Waals surface area contributed by atoms with Crippen LogP contribution in [-0.2, 0) is 11.3 Å². The highest BCUT2D eigenvalue weighted by atomic mass is 32.1. The molecule has 0 unspecified atom stereocenters. The number of fused-ring (bicyclic) bond motifs is 1. The van der Waals surface area contributed by atoms with E-state index in [1.54, 1.807) is 11.7 Å². The predicted molar refractivity (Wildman–Crippen MR) is 83.0 cm³/mol. The minimum Gasteiger partial charge on any atom is -0.455 e. The van der Waals surface area contributed by atoms with Crippen LogP contribution in [0.5, 0.6) is 0 Å². The van der Waals surface area contributed by atoms with E-state index in [0.717, 1.165) is 11.0 Å². The summed E-state index contributed by atoms with van der Waals surface area (Å²) < 4.78 is 13.1. The Morgan fingerprint density at radius 1 is 1.33 bits per heavy atom. The van der Waals surface area contributed by atoms with Crippen LogP contribution in [-0.4, -0.2) is 23.3 Å². The quantitative estimate of drug-likeness (QED) is 0.753. The molecule has 0 saturated carbocycles. The molecule has 2 heterocycles. The van der Waals surface area contributed by atoms with E-state index in [0.29, 0.717) is 29.4 Å². The first-order valence-electron chi connectivity index (χ1n) is 6.51. The Morgan fingerprint density at radius 2 is 2.14 bits per heavy atom. The number of para-hydroxylation sites is 1.